The number of aryl methyl sites for hydroxylation is 1. The standard InChI is InChI=1S/C15H19N3O2/c1-10-6-7-16-12(8-10)15-17-14(20-18-15)9-11-4-2-3-5-13(11)19/h6-8,11,13,19H,2-5,9H2,1H3. The highest BCUT2D eigenvalue weighted by atomic mass is 16.5. The van der Waals surface area contributed by atoms with Gasteiger partial charge in [-0.2, -0.15) is 4.98 Å². The Morgan fingerprint density at radius 1 is 1.35 bits per heavy atom. The summed E-state index contributed by atoms with van der Waals surface area (Å²) in [6.45, 7) is 2.00. The lowest BCUT2D eigenvalue weighted by Gasteiger charge is -2.26. The smallest absolute Gasteiger partial charge is 0.227 e. The first-order chi connectivity index (χ1) is 9.72. The lowest BCUT2D eigenvalue weighted by Crippen LogP contribution is -2.26. The molecule has 1 aliphatic rings. The fourth-order valence-electron chi connectivity index (χ4n) is 2.75. The van der Waals surface area contributed by atoms with Gasteiger partial charge in [-0.05, 0) is 43.4 Å². The highest BCUT2D eigenvalue weighted by Gasteiger charge is 2.25. The number of aliphatic hydroxyl groups excluding tert-OH is 1. The molecule has 0 aromatic carbocycles. The summed E-state index contributed by atoms with van der Waals surface area (Å²) in [6.07, 6.45) is 6.34. The molecular weight excluding hydrogens is 254 g/mol. The van der Waals surface area contributed by atoms with Gasteiger partial charge in [0.25, 0.3) is 0 Å². The summed E-state index contributed by atoms with van der Waals surface area (Å²) >= 11 is 0. The maximum Gasteiger partial charge on any atom is 0.227 e. The molecule has 1 saturated carbocycles. The number of aromatic nitrogens is 3. The quantitative estimate of drug-likeness (QED) is 0.930. The number of hydrogen-bond acceptors (Lipinski definition) is 5. The Labute approximate surface area is 118 Å². The molecule has 0 saturated heterocycles. The van der Waals surface area contributed by atoms with Crippen LogP contribution >= 0.6 is 0 Å². The van der Waals surface area contributed by atoms with E-state index in [4.69, 9.17) is 4.52 Å². The maximum absolute atomic E-state index is 9.99. The topological polar surface area (TPSA) is 72.0 Å². The van der Waals surface area contributed by atoms with Gasteiger partial charge in [-0.1, -0.05) is 18.0 Å². The molecule has 3 rings (SSSR count). The van der Waals surface area contributed by atoms with Crippen molar-refractivity contribution in [2.75, 3.05) is 0 Å². The van der Waals surface area contributed by atoms with Crippen molar-refractivity contribution in [2.45, 2.75) is 45.1 Å². The van der Waals surface area contributed by atoms with Crippen molar-refractivity contribution in [1.82, 2.24) is 15.1 Å². The minimum Gasteiger partial charge on any atom is -0.393 e. The van der Waals surface area contributed by atoms with Gasteiger partial charge in [-0.15, -0.1) is 0 Å². The molecule has 106 valence electrons. The zero-order valence-electron chi connectivity index (χ0n) is 11.6. The van der Waals surface area contributed by atoms with Crippen LogP contribution in [0.2, 0.25) is 0 Å². The zero-order chi connectivity index (χ0) is 13.9. The summed E-state index contributed by atoms with van der Waals surface area (Å²) in [6, 6.07) is 3.87. The zero-order valence-corrected chi connectivity index (χ0v) is 11.6. The van der Waals surface area contributed by atoms with E-state index in [1.54, 1.807) is 6.20 Å². The number of pyridine rings is 1. The van der Waals surface area contributed by atoms with E-state index in [-0.39, 0.29) is 12.0 Å². The van der Waals surface area contributed by atoms with Crippen LogP contribution < -0.4 is 0 Å². The van der Waals surface area contributed by atoms with Gasteiger partial charge in [0.2, 0.25) is 11.7 Å². The maximum atomic E-state index is 9.99. The van der Waals surface area contributed by atoms with E-state index >= 15 is 0 Å². The van der Waals surface area contributed by atoms with E-state index in [9.17, 15) is 5.11 Å². The minimum absolute atomic E-state index is 0.238. The molecule has 0 spiro atoms. The summed E-state index contributed by atoms with van der Waals surface area (Å²) in [7, 11) is 0. The van der Waals surface area contributed by atoms with Gasteiger partial charge in [-0.25, -0.2) is 0 Å². The molecule has 2 atom stereocenters. The van der Waals surface area contributed by atoms with Crippen molar-refractivity contribution in [3.63, 3.8) is 0 Å². The summed E-state index contributed by atoms with van der Waals surface area (Å²) < 4.78 is 5.30. The monoisotopic (exact) mass is 273 g/mol. The molecule has 0 amide bonds. The summed E-state index contributed by atoms with van der Waals surface area (Å²) in [4.78, 5) is 8.65. The van der Waals surface area contributed by atoms with Crippen LogP contribution in [0.15, 0.2) is 22.9 Å². The Bertz CT molecular complexity index is 582. The van der Waals surface area contributed by atoms with E-state index in [1.807, 2.05) is 19.1 Å². The molecule has 2 aromatic heterocycles. The minimum atomic E-state index is -0.240. The first-order valence-corrected chi connectivity index (χ1v) is 7.16. The Balaban J connectivity index is 1.73. The lowest BCUT2D eigenvalue weighted by atomic mass is 9.84. The van der Waals surface area contributed by atoms with Crippen LogP contribution in [0.25, 0.3) is 11.5 Å². The SMILES string of the molecule is Cc1ccnc(-c2noc(CC3CCCCC3O)n2)c1. The van der Waals surface area contributed by atoms with Crippen molar-refractivity contribution in [2.24, 2.45) is 5.92 Å². The van der Waals surface area contributed by atoms with Gasteiger partial charge in [0.05, 0.1) is 6.10 Å². The van der Waals surface area contributed by atoms with Crippen molar-refractivity contribution in [3.05, 3.63) is 29.8 Å². The molecule has 2 unspecified atom stereocenters. The van der Waals surface area contributed by atoms with Gasteiger partial charge in [-0.3, -0.25) is 4.98 Å². The first-order valence-electron chi connectivity index (χ1n) is 7.16. The van der Waals surface area contributed by atoms with Crippen LogP contribution in [0.5, 0.6) is 0 Å². The summed E-state index contributed by atoms with van der Waals surface area (Å²) in [5, 5.41) is 14.0. The predicted octanol–water partition coefficient (Wildman–Crippen LogP) is 2.53. The van der Waals surface area contributed by atoms with Gasteiger partial charge < -0.3 is 9.63 Å². The Morgan fingerprint density at radius 2 is 2.20 bits per heavy atom. The predicted molar refractivity (Wildman–Crippen MR) is 73.9 cm³/mol. The van der Waals surface area contributed by atoms with Crippen LogP contribution in [0.1, 0.15) is 37.1 Å². The molecule has 0 aliphatic heterocycles. The molecule has 1 aliphatic carbocycles. The van der Waals surface area contributed by atoms with Crippen LogP contribution in [-0.2, 0) is 6.42 Å². The van der Waals surface area contributed by atoms with E-state index in [0.29, 0.717) is 18.1 Å². The third-order valence-corrected chi connectivity index (χ3v) is 3.92. The second-order valence-electron chi connectivity index (χ2n) is 5.55. The van der Waals surface area contributed by atoms with Gasteiger partial charge in [0.15, 0.2) is 0 Å². The van der Waals surface area contributed by atoms with E-state index in [2.05, 4.69) is 15.1 Å². The second-order valence-corrected chi connectivity index (χ2v) is 5.55. The highest BCUT2D eigenvalue weighted by molar-refractivity contribution is 5.48. The molecular formula is C15H19N3O2. The van der Waals surface area contributed by atoms with Crippen molar-refractivity contribution < 1.29 is 9.63 Å². The van der Waals surface area contributed by atoms with Crippen LogP contribution in [0.3, 0.4) is 0 Å². The Hall–Kier alpha value is -1.75. The second kappa shape index (κ2) is 5.71. The number of hydrogen-bond donors (Lipinski definition) is 1. The van der Waals surface area contributed by atoms with Crippen molar-refractivity contribution in [3.8, 4) is 11.5 Å². The Morgan fingerprint density at radius 3 is 3.00 bits per heavy atom. The number of aliphatic hydroxyl groups is 1. The third kappa shape index (κ3) is 2.88. The van der Waals surface area contributed by atoms with E-state index in [0.717, 1.165) is 30.5 Å². The third-order valence-electron chi connectivity index (χ3n) is 3.92. The van der Waals surface area contributed by atoms with Gasteiger partial charge in [0.1, 0.15) is 5.69 Å². The molecule has 2 heterocycles. The van der Waals surface area contributed by atoms with E-state index in [1.165, 1.54) is 6.42 Å². The molecule has 5 nitrogen and oxygen atoms in total. The van der Waals surface area contributed by atoms with Gasteiger partial charge in [0, 0.05) is 12.6 Å². The fraction of sp³-hybridized carbons (Fsp3) is 0.533. The van der Waals surface area contributed by atoms with Crippen LogP contribution in [0.4, 0.5) is 0 Å². The van der Waals surface area contributed by atoms with Gasteiger partial charge >= 0.3 is 0 Å². The molecule has 2 aromatic rings. The number of rotatable bonds is 3. The summed E-state index contributed by atoms with van der Waals surface area (Å²) in [5.74, 6) is 1.35. The molecule has 1 N–H and O–H groups in total. The number of nitrogens with zero attached hydrogens (tertiary/aromatic N) is 3. The summed E-state index contributed by atoms with van der Waals surface area (Å²) in [5.41, 5.74) is 1.84. The average molecular weight is 273 g/mol. The van der Waals surface area contributed by atoms with E-state index < -0.39 is 0 Å². The Kier molecular flexibility index (Phi) is 3.78. The molecule has 0 bridgehead atoms. The van der Waals surface area contributed by atoms with Crippen molar-refractivity contribution >= 4 is 0 Å². The normalized spacial score (nSPS) is 22.9. The fourth-order valence-corrected chi connectivity index (χ4v) is 2.75. The van der Waals surface area contributed by atoms with Crippen LogP contribution in [0, 0.1) is 12.8 Å². The van der Waals surface area contributed by atoms with Crippen molar-refractivity contribution in [1.29, 1.82) is 0 Å². The molecule has 0 radical (unpaired) electrons. The van der Waals surface area contributed by atoms with Crippen LogP contribution in [-0.4, -0.2) is 26.3 Å². The average Bonchev–Trinajstić information content (AvgIpc) is 2.90. The first kappa shape index (κ1) is 13.2. The highest BCUT2D eigenvalue weighted by Crippen LogP contribution is 2.27. The molecule has 1 fully saturated rings. The molecule has 5 heteroatoms. The molecule has 20 heavy (non-hydrogen) atoms. The lowest BCUT2D eigenvalue weighted by molar-refractivity contribution is 0.0657. The largest absolute Gasteiger partial charge is 0.393 e.